The van der Waals surface area contributed by atoms with Gasteiger partial charge in [0, 0.05) is 24.0 Å². The van der Waals surface area contributed by atoms with Crippen LogP contribution in [0.2, 0.25) is 0 Å². The van der Waals surface area contributed by atoms with Crippen LogP contribution >= 0.6 is 11.3 Å². The normalized spacial score (nSPS) is 19.5. The summed E-state index contributed by atoms with van der Waals surface area (Å²) in [7, 11) is 0. The van der Waals surface area contributed by atoms with Gasteiger partial charge in [-0.2, -0.15) is 0 Å². The molecule has 0 aromatic carbocycles. The molecule has 3 nitrogen and oxygen atoms in total. The molecule has 2 heterocycles. The maximum Gasteiger partial charge on any atom is 0.264 e. The smallest absolute Gasteiger partial charge is 0.264 e. The van der Waals surface area contributed by atoms with Crippen molar-refractivity contribution in [2.24, 2.45) is 5.73 Å². The number of aryl methyl sites for hydroxylation is 2. The number of carbonyl (C=O) groups excluding carboxylic acids is 1. The number of rotatable bonds is 4. The van der Waals surface area contributed by atoms with E-state index < -0.39 is 0 Å². The lowest BCUT2D eigenvalue weighted by molar-refractivity contribution is 0.0746. The topological polar surface area (TPSA) is 46.3 Å². The molecule has 4 heteroatoms. The SMILES string of the molecule is CCCc1cc(C(=O)N2CCC[C@@H]2CN)sc1C. The summed E-state index contributed by atoms with van der Waals surface area (Å²) >= 11 is 1.63. The Hall–Kier alpha value is -0.870. The molecule has 2 rings (SSSR count). The van der Waals surface area contributed by atoms with Gasteiger partial charge >= 0.3 is 0 Å². The van der Waals surface area contributed by atoms with E-state index in [0.717, 1.165) is 37.1 Å². The van der Waals surface area contributed by atoms with Gasteiger partial charge in [0.1, 0.15) is 0 Å². The second-order valence-electron chi connectivity index (χ2n) is 4.97. The highest BCUT2D eigenvalue weighted by Gasteiger charge is 2.29. The number of thiophene rings is 1. The molecule has 0 bridgehead atoms. The molecule has 1 fully saturated rings. The first kappa shape index (κ1) is 13.6. The van der Waals surface area contributed by atoms with Crippen LogP contribution in [0, 0.1) is 6.92 Å². The van der Waals surface area contributed by atoms with Gasteiger partial charge in [0.25, 0.3) is 5.91 Å². The van der Waals surface area contributed by atoms with E-state index in [2.05, 4.69) is 19.9 Å². The first-order chi connectivity index (χ1) is 8.67. The number of hydrogen-bond acceptors (Lipinski definition) is 3. The van der Waals surface area contributed by atoms with Crippen LogP contribution in [0.3, 0.4) is 0 Å². The van der Waals surface area contributed by atoms with Crippen molar-refractivity contribution in [2.75, 3.05) is 13.1 Å². The van der Waals surface area contributed by atoms with E-state index in [0.29, 0.717) is 6.54 Å². The highest BCUT2D eigenvalue weighted by Crippen LogP contribution is 2.27. The van der Waals surface area contributed by atoms with E-state index in [1.165, 1.54) is 10.4 Å². The van der Waals surface area contributed by atoms with Crippen LogP contribution in [0.4, 0.5) is 0 Å². The molecule has 1 amide bonds. The summed E-state index contributed by atoms with van der Waals surface area (Å²) in [6.45, 7) is 5.72. The van der Waals surface area contributed by atoms with E-state index in [1.807, 2.05) is 4.90 Å². The van der Waals surface area contributed by atoms with Crippen LogP contribution in [0.1, 0.15) is 46.3 Å². The Kier molecular flexibility index (Phi) is 4.40. The maximum atomic E-state index is 12.5. The van der Waals surface area contributed by atoms with Gasteiger partial charge in [0.05, 0.1) is 4.88 Å². The first-order valence-electron chi connectivity index (χ1n) is 6.77. The van der Waals surface area contributed by atoms with Gasteiger partial charge in [0.2, 0.25) is 0 Å². The summed E-state index contributed by atoms with van der Waals surface area (Å²) in [5.41, 5.74) is 7.06. The van der Waals surface area contributed by atoms with Gasteiger partial charge in [0.15, 0.2) is 0 Å². The molecular weight excluding hydrogens is 244 g/mol. The molecule has 1 saturated heterocycles. The van der Waals surface area contributed by atoms with Gasteiger partial charge < -0.3 is 10.6 Å². The van der Waals surface area contributed by atoms with Crippen molar-refractivity contribution in [3.8, 4) is 0 Å². The van der Waals surface area contributed by atoms with E-state index in [9.17, 15) is 4.79 Å². The fourth-order valence-corrected chi connectivity index (χ4v) is 3.66. The van der Waals surface area contributed by atoms with Crippen LogP contribution in [-0.2, 0) is 6.42 Å². The zero-order valence-corrected chi connectivity index (χ0v) is 12.1. The molecule has 1 aromatic rings. The molecular formula is C14H22N2OS. The van der Waals surface area contributed by atoms with E-state index in [4.69, 9.17) is 5.73 Å². The number of nitrogens with zero attached hydrogens (tertiary/aromatic N) is 1. The quantitative estimate of drug-likeness (QED) is 0.910. The van der Waals surface area contributed by atoms with E-state index in [1.54, 1.807) is 11.3 Å². The average Bonchev–Trinajstić information content (AvgIpc) is 2.96. The first-order valence-corrected chi connectivity index (χ1v) is 7.59. The van der Waals surface area contributed by atoms with Gasteiger partial charge in [-0.1, -0.05) is 13.3 Å². The van der Waals surface area contributed by atoms with Gasteiger partial charge in [-0.05, 0) is 37.8 Å². The lowest BCUT2D eigenvalue weighted by Crippen LogP contribution is -2.39. The molecule has 1 atom stereocenters. The molecule has 1 aliphatic rings. The molecule has 0 unspecified atom stereocenters. The minimum atomic E-state index is 0.179. The van der Waals surface area contributed by atoms with Crippen molar-refractivity contribution in [2.45, 2.75) is 45.6 Å². The van der Waals surface area contributed by atoms with Crippen molar-refractivity contribution < 1.29 is 4.79 Å². The molecule has 100 valence electrons. The van der Waals surface area contributed by atoms with Crippen LogP contribution < -0.4 is 5.73 Å². The monoisotopic (exact) mass is 266 g/mol. The average molecular weight is 266 g/mol. The lowest BCUT2D eigenvalue weighted by atomic mass is 10.1. The molecule has 0 radical (unpaired) electrons. The van der Waals surface area contributed by atoms with Crippen molar-refractivity contribution in [3.63, 3.8) is 0 Å². The van der Waals surface area contributed by atoms with Crippen molar-refractivity contribution in [3.05, 3.63) is 21.4 Å². The number of amides is 1. The van der Waals surface area contributed by atoms with Crippen molar-refractivity contribution >= 4 is 17.2 Å². The summed E-state index contributed by atoms with van der Waals surface area (Å²) in [6.07, 6.45) is 4.32. The fourth-order valence-electron chi connectivity index (χ4n) is 2.63. The highest BCUT2D eigenvalue weighted by atomic mass is 32.1. The van der Waals surface area contributed by atoms with E-state index >= 15 is 0 Å². The third kappa shape index (κ3) is 2.59. The Morgan fingerprint density at radius 3 is 3.06 bits per heavy atom. The third-order valence-electron chi connectivity index (χ3n) is 3.66. The largest absolute Gasteiger partial charge is 0.334 e. The Balaban J connectivity index is 2.15. The third-order valence-corrected chi connectivity index (χ3v) is 4.74. The summed E-state index contributed by atoms with van der Waals surface area (Å²) in [4.78, 5) is 16.6. The number of likely N-dealkylation sites (tertiary alicyclic amines) is 1. The standard InChI is InChI=1S/C14H22N2OS/c1-3-5-11-8-13(18-10(11)2)14(17)16-7-4-6-12(16)9-15/h8,12H,3-7,9,15H2,1-2H3/t12-/m1/s1. The van der Waals surface area contributed by atoms with Gasteiger partial charge in [-0.3, -0.25) is 4.79 Å². The molecule has 18 heavy (non-hydrogen) atoms. The second-order valence-corrected chi connectivity index (χ2v) is 6.23. The zero-order chi connectivity index (χ0) is 13.1. The highest BCUT2D eigenvalue weighted by molar-refractivity contribution is 7.14. The molecule has 2 N–H and O–H groups in total. The summed E-state index contributed by atoms with van der Waals surface area (Å²) in [6, 6.07) is 2.33. The predicted octanol–water partition coefficient (Wildman–Crippen LogP) is 2.57. The molecule has 1 aliphatic heterocycles. The summed E-state index contributed by atoms with van der Waals surface area (Å²) < 4.78 is 0. The van der Waals surface area contributed by atoms with Gasteiger partial charge in [-0.25, -0.2) is 0 Å². The number of nitrogens with two attached hydrogens (primary N) is 1. The molecule has 0 spiro atoms. The Bertz CT molecular complexity index is 427. The zero-order valence-electron chi connectivity index (χ0n) is 11.2. The minimum Gasteiger partial charge on any atom is -0.334 e. The predicted molar refractivity (Wildman–Crippen MR) is 76.2 cm³/mol. The number of hydrogen-bond donors (Lipinski definition) is 1. The Morgan fingerprint density at radius 2 is 2.39 bits per heavy atom. The molecule has 1 aromatic heterocycles. The maximum absolute atomic E-state index is 12.5. The van der Waals surface area contributed by atoms with Crippen LogP contribution in [0.5, 0.6) is 0 Å². The van der Waals surface area contributed by atoms with Crippen molar-refractivity contribution in [1.29, 1.82) is 0 Å². The van der Waals surface area contributed by atoms with E-state index in [-0.39, 0.29) is 11.9 Å². The second kappa shape index (κ2) is 5.85. The molecule has 0 saturated carbocycles. The molecule has 0 aliphatic carbocycles. The van der Waals surface area contributed by atoms with Crippen LogP contribution in [0.25, 0.3) is 0 Å². The van der Waals surface area contributed by atoms with Crippen molar-refractivity contribution in [1.82, 2.24) is 4.90 Å². The summed E-state index contributed by atoms with van der Waals surface area (Å²) in [5, 5.41) is 0. The minimum absolute atomic E-state index is 0.179. The fraction of sp³-hybridized carbons (Fsp3) is 0.643. The Morgan fingerprint density at radius 1 is 1.61 bits per heavy atom. The lowest BCUT2D eigenvalue weighted by Gasteiger charge is -2.22. The van der Waals surface area contributed by atoms with Crippen LogP contribution in [0.15, 0.2) is 6.07 Å². The Labute approximate surface area is 113 Å². The summed E-state index contributed by atoms with van der Waals surface area (Å²) in [5.74, 6) is 0.179. The number of carbonyl (C=O) groups is 1. The van der Waals surface area contributed by atoms with Crippen LogP contribution in [-0.4, -0.2) is 29.9 Å². The van der Waals surface area contributed by atoms with Gasteiger partial charge in [-0.15, -0.1) is 11.3 Å².